The van der Waals surface area contributed by atoms with Crippen molar-refractivity contribution in [1.82, 2.24) is 4.90 Å². The van der Waals surface area contributed by atoms with E-state index in [4.69, 9.17) is 11.6 Å². The van der Waals surface area contributed by atoms with Crippen molar-refractivity contribution in [3.05, 3.63) is 58.1 Å². The number of likely N-dealkylation sites (tertiary alicyclic amines) is 1. The van der Waals surface area contributed by atoms with Crippen LogP contribution in [0.4, 0.5) is 0 Å². The first-order valence-electron chi connectivity index (χ1n) is 11.2. The summed E-state index contributed by atoms with van der Waals surface area (Å²) in [6.07, 6.45) is 6.11. The molecule has 2 unspecified atom stereocenters. The van der Waals surface area contributed by atoms with Crippen LogP contribution in [-0.2, 0) is 15.2 Å². The summed E-state index contributed by atoms with van der Waals surface area (Å²) in [5.41, 5.74) is 0.0377. The SMILES string of the molecule is Cc1ccc(C2(O)CCN(CCCCC3(C(=O)O)C=CC(Cl)=C(C(=O)O)C3C)CC2)cc1. The van der Waals surface area contributed by atoms with Crippen molar-refractivity contribution in [1.29, 1.82) is 0 Å². The van der Waals surface area contributed by atoms with Gasteiger partial charge >= 0.3 is 11.9 Å². The predicted molar refractivity (Wildman–Crippen MR) is 123 cm³/mol. The Balaban J connectivity index is 1.53. The van der Waals surface area contributed by atoms with Crippen molar-refractivity contribution in [2.45, 2.75) is 51.6 Å². The predicted octanol–water partition coefficient (Wildman–Crippen LogP) is 4.30. The molecule has 0 radical (unpaired) electrons. The van der Waals surface area contributed by atoms with Gasteiger partial charge in [-0.2, -0.15) is 0 Å². The van der Waals surface area contributed by atoms with Crippen molar-refractivity contribution in [3.8, 4) is 0 Å². The Bertz CT molecular complexity index is 915. The number of unbranched alkanes of at least 4 members (excludes halogenated alkanes) is 1. The minimum Gasteiger partial charge on any atom is -0.481 e. The van der Waals surface area contributed by atoms with E-state index in [0.29, 0.717) is 25.7 Å². The third-order valence-corrected chi connectivity index (χ3v) is 7.54. The number of allylic oxidation sites excluding steroid dienone is 2. The number of aliphatic carboxylic acids is 2. The highest BCUT2D eigenvalue weighted by Crippen LogP contribution is 2.45. The molecule has 0 aromatic heterocycles. The number of hydrogen-bond donors (Lipinski definition) is 3. The van der Waals surface area contributed by atoms with Crippen LogP contribution >= 0.6 is 11.6 Å². The van der Waals surface area contributed by atoms with Crippen molar-refractivity contribution in [3.63, 3.8) is 0 Å². The van der Waals surface area contributed by atoms with Crippen LogP contribution in [0, 0.1) is 18.3 Å². The molecule has 2 aliphatic rings. The number of carboxylic acid groups (broad SMARTS) is 2. The minimum absolute atomic E-state index is 0.0389. The van der Waals surface area contributed by atoms with Gasteiger partial charge in [-0.1, -0.05) is 60.9 Å². The summed E-state index contributed by atoms with van der Waals surface area (Å²) in [6, 6.07) is 8.05. The topological polar surface area (TPSA) is 98.1 Å². The minimum atomic E-state index is -1.26. The fourth-order valence-corrected chi connectivity index (χ4v) is 5.23. The quantitative estimate of drug-likeness (QED) is 0.499. The standard InChI is InChI=1S/C25H32ClNO5/c1-17-5-7-19(8-6-17)25(32)12-15-27(16-13-25)14-4-3-10-24(23(30)31)11-9-20(26)21(18(24)2)22(28)29/h5-9,11,18,32H,3-4,10,12-16H2,1-2H3,(H,28,29)(H,30,31). The molecule has 1 aliphatic carbocycles. The largest absolute Gasteiger partial charge is 0.481 e. The van der Waals surface area contributed by atoms with E-state index >= 15 is 0 Å². The molecule has 0 bridgehead atoms. The van der Waals surface area contributed by atoms with Crippen LogP contribution < -0.4 is 0 Å². The highest BCUT2D eigenvalue weighted by atomic mass is 35.5. The molecule has 3 rings (SSSR count). The molecule has 2 atom stereocenters. The number of carboxylic acids is 2. The van der Waals surface area contributed by atoms with Crippen molar-refractivity contribution in [2.24, 2.45) is 11.3 Å². The molecule has 0 spiro atoms. The summed E-state index contributed by atoms with van der Waals surface area (Å²) >= 11 is 6.03. The van der Waals surface area contributed by atoms with Crippen molar-refractivity contribution in [2.75, 3.05) is 19.6 Å². The lowest BCUT2D eigenvalue weighted by atomic mass is 9.67. The van der Waals surface area contributed by atoms with Gasteiger partial charge in [-0.15, -0.1) is 0 Å². The fraction of sp³-hybridized carbons (Fsp3) is 0.520. The lowest BCUT2D eigenvalue weighted by Crippen LogP contribution is -2.43. The van der Waals surface area contributed by atoms with E-state index in [1.54, 1.807) is 13.0 Å². The zero-order valence-corrected chi connectivity index (χ0v) is 19.4. The molecule has 1 aliphatic heterocycles. The van der Waals surface area contributed by atoms with Gasteiger partial charge in [-0.3, -0.25) is 4.79 Å². The average molecular weight is 462 g/mol. The first-order valence-corrected chi connectivity index (χ1v) is 11.5. The van der Waals surface area contributed by atoms with Crippen LogP contribution in [-0.4, -0.2) is 51.8 Å². The number of rotatable bonds is 8. The van der Waals surface area contributed by atoms with Crippen LogP contribution in [0.3, 0.4) is 0 Å². The third-order valence-electron chi connectivity index (χ3n) is 7.21. The maximum Gasteiger partial charge on any atom is 0.333 e. The van der Waals surface area contributed by atoms with Crippen molar-refractivity contribution < 1.29 is 24.9 Å². The smallest absolute Gasteiger partial charge is 0.333 e. The second-order valence-electron chi connectivity index (χ2n) is 9.16. The second-order valence-corrected chi connectivity index (χ2v) is 9.57. The van der Waals surface area contributed by atoms with E-state index in [1.165, 1.54) is 11.6 Å². The molecule has 1 fully saturated rings. The normalized spacial score (nSPS) is 25.7. The molecule has 32 heavy (non-hydrogen) atoms. The molecular formula is C25H32ClNO5. The lowest BCUT2D eigenvalue weighted by Gasteiger charge is -2.39. The first-order chi connectivity index (χ1) is 15.1. The molecule has 1 saturated heterocycles. The summed E-state index contributed by atoms with van der Waals surface area (Å²) < 4.78 is 0. The molecule has 1 heterocycles. The Morgan fingerprint density at radius 2 is 1.75 bits per heavy atom. The fourth-order valence-electron chi connectivity index (χ4n) is 4.92. The van der Waals surface area contributed by atoms with E-state index in [9.17, 15) is 24.9 Å². The molecule has 0 amide bonds. The Labute approximate surface area is 194 Å². The van der Waals surface area contributed by atoms with Crippen molar-refractivity contribution >= 4 is 23.5 Å². The van der Waals surface area contributed by atoms with Gasteiger partial charge in [0.15, 0.2) is 0 Å². The summed E-state index contributed by atoms with van der Waals surface area (Å²) in [6.45, 7) is 6.04. The molecule has 6 nitrogen and oxygen atoms in total. The van der Waals surface area contributed by atoms with Crippen LogP contribution in [0.1, 0.15) is 50.2 Å². The number of nitrogens with zero attached hydrogens (tertiary/aromatic N) is 1. The van der Waals surface area contributed by atoms with Crippen LogP contribution in [0.15, 0.2) is 47.0 Å². The Hall–Kier alpha value is -2.15. The highest BCUT2D eigenvalue weighted by Gasteiger charge is 2.46. The Morgan fingerprint density at radius 1 is 1.12 bits per heavy atom. The van der Waals surface area contributed by atoms with Gasteiger partial charge in [-0.05, 0) is 50.8 Å². The van der Waals surface area contributed by atoms with E-state index in [0.717, 1.165) is 31.6 Å². The average Bonchev–Trinajstić information content (AvgIpc) is 2.74. The van der Waals surface area contributed by atoms with Gasteiger partial charge in [0.05, 0.1) is 21.6 Å². The zero-order valence-electron chi connectivity index (χ0n) is 18.7. The van der Waals surface area contributed by atoms with Gasteiger partial charge in [-0.25, -0.2) is 4.79 Å². The van der Waals surface area contributed by atoms with Gasteiger partial charge in [0.1, 0.15) is 0 Å². The zero-order chi connectivity index (χ0) is 23.5. The summed E-state index contributed by atoms with van der Waals surface area (Å²) in [5, 5.41) is 30.5. The van der Waals surface area contributed by atoms with Gasteiger partial charge in [0.2, 0.25) is 0 Å². The number of halogens is 1. The summed E-state index contributed by atoms with van der Waals surface area (Å²) in [5.74, 6) is -2.91. The van der Waals surface area contributed by atoms with E-state index < -0.39 is 28.9 Å². The first kappa shape index (κ1) is 24.5. The van der Waals surface area contributed by atoms with E-state index in [1.807, 2.05) is 31.2 Å². The number of carbonyl (C=O) groups is 2. The highest BCUT2D eigenvalue weighted by molar-refractivity contribution is 6.33. The van der Waals surface area contributed by atoms with E-state index in [-0.39, 0.29) is 10.6 Å². The molecular weight excluding hydrogens is 430 g/mol. The van der Waals surface area contributed by atoms with Gasteiger partial charge < -0.3 is 20.2 Å². The molecule has 7 heteroatoms. The summed E-state index contributed by atoms with van der Waals surface area (Å²) in [4.78, 5) is 26.0. The summed E-state index contributed by atoms with van der Waals surface area (Å²) in [7, 11) is 0. The number of aryl methyl sites for hydroxylation is 1. The number of benzene rings is 1. The van der Waals surface area contributed by atoms with Gasteiger partial charge in [0.25, 0.3) is 0 Å². The maximum atomic E-state index is 12.1. The Morgan fingerprint density at radius 3 is 2.31 bits per heavy atom. The number of hydrogen-bond acceptors (Lipinski definition) is 4. The van der Waals surface area contributed by atoms with Gasteiger partial charge in [0, 0.05) is 19.0 Å². The molecule has 0 saturated carbocycles. The maximum absolute atomic E-state index is 12.1. The van der Waals surface area contributed by atoms with Crippen LogP contribution in [0.2, 0.25) is 0 Å². The third kappa shape index (κ3) is 4.92. The second kappa shape index (κ2) is 9.77. The lowest BCUT2D eigenvalue weighted by molar-refractivity contribution is -0.149. The van der Waals surface area contributed by atoms with Crippen LogP contribution in [0.25, 0.3) is 0 Å². The molecule has 3 N–H and O–H groups in total. The molecule has 1 aromatic rings. The number of aliphatic hydroxyl groups is 1. The number of piperidine rings is 1. The van der Waals surface area contributed by atoms with Crippen LogP contribution in [0.5, 0.6) is 0 Å². The Kier molecular flexibility index (Phi) is 7.48. The monoisotopic (exact) mass is 461 g/mol. The molecule has 1 aromatic carbocycles. The van der Waals surface area contributed by atoms with E-state index in [2.05, 4.69) is 4.90 Å². The molecule has 174 valence electrons.